The molecule has 0 saturated carbocycles. The molecule has 8 atom stereocenters. The van der Waals surface area contributed by atoms with Crippen LogP contribution in [0.15, 0.2) is 17.3 Å². The molecule has 8 unspecified atom stereocenters. The van der Waals surface area contributed by atoms with Crippen LogP contribution >= 0.6 is 0 Å². The molecule has 1 N–H and O–H groups in total. The highest BCUT2D eigenvalue weighted by Crippen LogP contribution is 2.32. The topological polar surface area (TPSA) is 115 Å². The van der Waals surface area contributed by atoms with E-state index in [0.29, 0.717) is 26.2 Å². The van der Waals surface area contributed by atoms with E-state index in [2.05, 4.69) is 30.8 Å². The molecule has 0 amide bonds. The van der Waals surface area contributed by atoms with Crippen molar-refractivity contribution in [2.24, 2.45) is 5.11 Å². The van der Waals surface area contributed by atoms with E-state index < -0.39 is 30.6 Å². The summed E-state index contributed by atoms with van der Waals surface area (Å²) < 4.78 is 31.4. The van der Waals surface area contributed by atoms with Gasteiger partial charge in [0.1, 0.15) is 18.3 Å². The van der Waals surface area contributed by atoms with Crippen molar-refractivity contribution in [1.82, 2.24) is 0 Å². The molecule has 1 aliphatic carbocycles. The van der Waals surface area contributed by atoms with Gasteiger partial charge in [-0.05, 0) is 38.1 Å². The zero-order valence-corrected chi connectivity index (χ0v) is 20.7. The first kappa shape index (κ1) is 28.1. The van der Waals surface area contributed by atoms with Gasteiger partial charge in [0.2, 0.25) is 0 Å². The fourth-order valence-electron chi connectivity index (χ4n) is 4.09. The van der Waals surface area contributed by atoms with Crippen LogP contribution in [0.4, 0.5) is 0 Å². The average Bonchev–Trinajstić information content (AvgIpc) is 2.80. The molecule has 1 aliphatic heterocycles. The minimum Gasteiger partial charge on any atom is -0.390 e. The Morgan fingerprint density at radius 1 is 0.939 bits per heavy atom. The molecule has 2 aliphatic rings. The van der Waals surface area contributed by atoms with E-state index in [0.717, 1.165) is 38.5 Å². The Hall–Kier alpha value is -1.19. The number of hydrogen-bond acceptors (Lipinski definition) is 7. The van der Waals surface area contributed by atoms with E-state index in [-0.39, 0.29) is 18.3 Å². The number of azide groups is 1. The predicted octanol–water partition coefficient (Wildman–Crippen LogP) is 4.67. The number of unbranched alkanes of at least 4 members (excludes halogenated alkanes) is 3. The quantitative estimate of drug-likeness (QED) is 0.122. The standard InChI is InChI=1S/C24H43N3O6/c1-5-8-14-29-20-17(4)32-24(33-21-18(26-27-25)12-11-13-19(21)28)23(31-16-10-7-3)22(20)30-15-9-6-2/h11-12,17-24,28H,5-10,13-16H2,1-4H3. The molecule has 0 radical (unpaired) electrons. The fourth-order valence-corrected chi connectivity index (χ4v) is 4.09. The van der Waals surface area contributed by atoms with Gasteiger partial charge in [-0.15, -0.1) is 0 Å². The first-order chi connectivity index (χ1) is 16.1. The summed E-state index contributed by atoms with van der Waals surface area (Å²) in [6.07, 6.45) is 6.06. The summed E-state index contributed by atoms with van der Waals surface area (Å²) in [7, 11) is 0. The molecule has 190 valence electrons. The van der Waals surface area contributed by atoms with E-state index in [1.54, 1.807) is 12.2 Å². The van der Waals surface area contributed by atoms with Gasteiger partial charge in [-0.3, -0.25) is 0 Å². The molecule has 0 aromatic rings. The summed E-state index contributed by atoms with van der Waals surface area (Å²) in [5.74, 6) is 0. The summed E-state index contributed by atoms with van der Waals surface area (Å²) in [5.41, 5.74) is 8.96. The van der Waals surface area contributed by atoms with E-state index in [9.17, 15) is 5.11 Å². The lowest BCUT2D eigenvalue weighted by atomic mass is 9.95. The first-order valence-corrected chi connectivity index (χ1v) is 12.6. The lowest BCUT2D eigenvalue weighted by Crippen LogP contribution is -2.61. The van der Waals surface area contributed by atoms with Crippen LogP contribution in [0.2, 0.25) is 0 Å². The average molecular weight is 470 g/mol. The maximum atomic E-state index is 10.6. The van der Waals surface area contributed by atoms with Gasteiger partial charge in [0.15, 0.2) is 6.29 Å². The van der Waals surface area contributed by atoms with Gasteiger partial charge in [0.05, 0.1) is 24.4 Å². The fraction of sp³-hybridized carbons (Fsp3) is 0.917. The Morgan fingerprint density at radius 2 is 1.52 bits per heavy atom. The second-order valence-electron chi connectivity index (χ2n) is 8.80. The molecule has 9 nitrogen and oxygen atoms in total. The highest BCUT2D eigenvalue weighted by atomic mass is 16.7. The van der Waals surface area contributed by atoms with E-state index in [1.165, 1.54) is 0 Å². The molecule has 0 aromatic heterocycles. The molecule has 0 aromatic carbocycles. The van der Waals surface area contributed by atoms with E-state index >= 15 is 0 Å². The Balaban J connectivity index is 2.26. The van der Waals surface area contributed by atoms with Gasteiger partial charge in [-0.1, -0.05) is 57.3 Å². The van der Waals surface area contributed by atoms with Crippen LogP contribution in [-0.2, 0) is 23.7 Å². The van der Waals surface area contributed by atoms with Crippen molar-refractivity contribution in [3.63, 3.8) is 0 Å². The molecular formula is C24H43N3O6. The molecule has 33 heavy (non-hydrogen) atoms. The minimum absolute atomic E-state index is 0.288. The van der Waals surface area contributed by atoms with Gasteiger partial charge in [-0.2, -0.15) is 0 Å². The van der Waals surface area contributed by atoms with Crippen LogP contribution in [0.5, 0.6) is 0 Å². The van der Waals surface area contributed by atoms with Crippen molar-refractivity contribution in [2.75, 3.05) is 19.8 Å². The summed E-state index contributed by atoms with van der Waals surface area (Å²) in [6.45, 7) is 10.1. The van der Waals surface area contributed by atoms with E-state index in [4.69, 9.17) is 29.2 Å². The number of rotatable bonds is 15. The Kier molecular flexibility index (Phi) is 13.3. The molecule has 0 spiro atoms. The third-order valence-electron chi connectivity index (χ3n) is 6.05. The van der Waals surface area contributed by atoms with Crippen LogP contribution < -0.4 is 0 Å². The molecule has 0 bridgehead atoms. The largest absolute Gasteiger partial charge is 0.390 e. The molecule has 1 saturated heterocycles. The van der Waals surface area contributed by atoms with Crippen molar-refractivity contribution in [2.45, 2.75) is 122 Å². The zero-order chi connectivity index (χ0) is 24.1. The van der Waals surface area contributed by atoms with Gasteiger partial charge >= 0.3 is 0 Å². The third-order valence-corrected chi connectivity index (χ3v) is 6.05. The maximum Gasteiger partial charge on any atom is 0.187 e. The number of nitrogens with zero attached hydrogens (tertiary/aromatic N) is 3. The second-order valence-corrected chi connectivity index (χ2v) is 8.80. The lowest BCUT2D eigenvalue weighted by Gasteiger charge is -2.46. The molecule has 1 heterocycles. The molecular weight excluding hydrogens is 426 g/mol. The van der Waals surface area contributed by atoms with Crippen molar-refractivity contribution >= 4 is 0 Å². The monoisotopic (exact) mass is 469 g/mol. The summed E-state index contributed by atoms with van der Waals surface area (Å²) >= 11 is 0. The second kappa shape index (κ2) is 15.7. The predicted molar refractivity (Wildman–Crippen MR) is 126 cm³/mol. The maximum absolute atomic E-state index is 10.6. The lowest BCUT2D eigenvalue weighted by molar-refractivity contribution is -0.329. The van der Waals surface area contributed by atoms with Gasteiger partial charge in [-0.25, -0.2) is 0 Å². The van der Waals surface area contributed by atoms with Crippen molar-refractivity contribution < 1.29 is 28.8 Å². The third kappa shape index (κ3) is 8.51. The van der Waals surface area contributed by atoms with Crippen LogP contribution in [0.1, 0.15) is 72.6 Å². The SMILES string of the molecule is CCCCOC1C(C)OC(OC2C(O)CC=CC2N=[N+]=[N-])C(OCCCC)C1OCCCC. The molecule has 9 heteroatoms. The van der Waals surface area contributed by atoms with Crippen molar-refractivity contribution in [3.05, 3.63) is 22.6 Å². The Morgan fingerprint density at radius 3 is 2.09 bits per heavy atom. The highest BCUT2D eigenvalue weighted by molar-refractivity contribution is 5.07. The van der Waals surface area contributed by atoms with Crippen LogP contribution in [0.3, 0.4) is 0 Å². The van der Waals surface area contributed by atoms with Crippen LogP contribution in [0, 0.1) is 0 Å². The van der Waals surface area contributed by atoms with Gasteiger partial charge < -0.3 is 28.8 Å². The molecule has 2 rings (SSSR count). The molecule has 1 fully saturated rings. The summed E-state index contributed by atoms with van der Waals surface area (Å²) in [5, 5.41) is 14.4. The Bertz CT molecular complexity index is 615. The number of ether oxygens (including phenoxy) is 5. The highest BCUT2D eigenvalue weighted by Gasteiger charge is 2.49. The number of hydrogen-bond donors (Lipinski definition) is 1. The first-order valence-electron chi connectivity index (χ1n) is 12.6. The normalized spacial score (nSPS) is 34.2. The van der Waals surface area contributed by atoms with Crippen LogP contribution in [0.25, 0.3) is 10.4 Å². The minimum atomic E-state index is -0.807. The summed E-state index contributed by atoms with van der Waals surface area (Å²) in [6, 6.07) is -0.619. The van der Waals surface area contributed by atoms with Gasteiger partial charge in [0, 0.05) is 24.7 Å². The van der Waals surface area contributed by atoms with E-state index in [1.807, 2.05) is 6.92 Å². The summed E-state index contributed by atoms with van der Waals surface area (Å²) in [4.78, 5) is 2.92. The van der Waals surface area contributed by atoms with Crippen molar-refractivity contribution in [1.29, 1.82) is 0 Å². The van der Waals surface area contributed by atoms with Crippen molar-refractivity contribution in [3.8, 4) is 0 Å². The smallest absolute Gasteiger partial charge is 0.187 e. The zero-order valence-electron chi connectivity index (χ0n) is 20.7. The number of aliphatic hydroxyl groups is 1. The number of aliphatic hydroxyl groups excluding tert-OH is 1. The Labute approximate surface area is 198 Å². The van der Waals surface area contributed by atoms with Gasteiger partial charge in [0.25, 0.3) is 0 Å². The van der Waals surface area contributed by atoms with Crippen LogP contribution in [-0.4, -0.2) is 73.9 Å².